The fraction of sp³-hybridized carbons (Fsp3) is 0.125. The van der Waals surface area contributed by atoms with Crippen molar-refractivity contribution in [3.05, 3.63) is 92.7 Å². The quantitative estimate of drug-likeness (QED) is 0.326. The van der Waals surface area contributed by atoms with Crippen molar-refractivity contribution in [3.8, 4) is 10.7 Å². The smallest absolute Gasteiger partial charge is 0.326 e. The number of carbonyl (C=O) groups is 1. The van der Waals surface area contributed by atoms with Gasteiger partial charge in [-0.05, 0) is 60.7 Å². The number of hydrogen-bond acceptors (Lipinski definition) is 5. The summed E-state index contributed by atoms with van der Waals surface area (Å²) < 4.78 is 5.69. The van der Waals surface area contributed by atoms with Gasteiger partial charge in [-0.25, -0.2) is 4.79 Å². The second-order valence-electron chi connectivity index (χ2n) is 7.60. The predicted molar refractivity (Wildman–Crippen MR) is 132 cm³/mol. The van der Waals surface area contributed by atoms with Gasteiger partial charge in [-0.1, -0.05) is 52.6 Å². The average Bonchev–Trinajstić information content (AvgIpc) is 3.48. The number of nitrogens with one attached hydrogen (secondary N) is 1. The molecule has 166 valence electrons. The molecule has 2 amide bonds. The topological polar surface area (TPSA) is 71.3 Å². The molecule has 2 aromatic carbocycles. The number of anilines is 1. The van der Waals surface area contributed by atoms with E-state index in [-0.39, 0.29) is 6.03 Å². The molecule has 1 aliphatic heterocycles. The second kappa shape index (κ2) is 8.67. The number of rotatable bonds is 4. The third-order valence-corrected chi connectivity index (χ3v) is 7.02. The van der Waals surface area contributed by atoms with E-state index < -0.39 is 6.04 Å². The summed E-state index contributed by atoms with van der Waals surface area (Å²) in [5.41, 5.74) is 3.78. The minimum atomic E-state index is -0.497. The minimum Gasteiger partial charge on any atom is -0.334 e. The zero-order chi connectivity index (χ0) is 23.1. The first kappa shape index (κ1) is 21.7. The van der Waals surface area contributed by atoms with Crippen molar-refractivity contribution in [3.63, 3.8) is 0 Å². The van der Waals surface area contributed by atoms with Crippen LogP contribution < -0.4 is 10.2 Å². The first-order chi connectivity index (χ1) is 15.9. The fourth-order valence-corrected chi connectivity index (χ4v) is 4.75. The summed E-state index contributed by atoms with van der Waals surface area (Å²) in [6, 6.07) is 15.9. The highest BCUT2D eigenvalue weighted by atomic mass is 35.5. The molecule has 0 saturated carbocycles. The van der Waals surface area contributed by atoms with Crippen molar-refractivity contribution in [2.24, 2.45) is 0 Å². The zero-order valence-electron chi connectivity index (χ0n) is 17.7. The number of thiophene rings is 1. The van der Waals surface area contributed by atoms with Gasteiger partial charge in [0.1, 0.15) is 0 Å². The molecule has 6 nitrogen and oxygen atoms in total. The molecule has 33 heavy (non-hydrogen) atoms. The summed E-state index contributed by atoms with van der Waals surface area (Å²) in [7, 11) is 0. The Balaban J connectivity index is 1.67. The average molecular weight is 497 g/mol. The summed E-state index contributed by atoms with van der Waals surface area (Å²) in [6.07, 6.45) is 0. The number of urea groups is 1. The molecule has 1 unspecified atom stereocenters. The van der Waals surface area contributed by atoms with Gasteiger partial charge in [-0.2, -0.15) is 4.98 Å². The Morgan fingerprint density at radius 1 is 1.09 bits per heavy atom. The van der Waals surface area contributed by atoms with Crippen LogP contribution in [-0.4, -0.2) is 16.2 Å². The van der Waals surface area contributed by atoms with E-state index in [9.17, 15) is 4.79 Å². The summed E-state index contributed by atoms with van der Waals surface area (Å²) in [5, 5.41) is 10.4. The molecule has 4 aromatic rings. The van der Waals surface area contributed by atoms with Gasteiger partial charge < -0.3 is 9.84 Å². The first-order valence-corrected chi connectivity index (χ1v) is 11.8. The highest BCUT2D eigenvalue weighted by Gasteiger charge is 2.36. The Labute approximate surface area is 204 Å². The molecule has 0 spiro atoms. The van der Waals surface area contributed by atoms with Crippen LogP contribution in [-0.2, 0) is 0 Å². The maximum atomic E-state index is 13.3. The van der Waals surface area contributed by atoms with Gasteiger partial charge in [-0.15, -0.1) is 11.3 Å². The van der Waals surface area contributed by atoms with Crippen molar-refractivity contribution in [1.82, 2.24) is 15.5 Å². The van der Waals surface area contributed by atoms with Crippen molar-refractivity contribution in [2.45, 2.75) is 19.9 Å². The number of hydrogen-bond donors (Lipinski definition) is 1. The van der Waals surface area contributed by atoms with Gasteiger partial charge >= 0.3 is 6.03 Å². The zero-order valence-corrected chi connectivity index (χ0v) is 20.0. The van der Waals surface area contributed by atoms with E-state index in [1.807, 2.05) is 55.6 Å². The highest BCUT2D eigenvalue weighted by Crippen LogP contribution is 2.40. The molecule has 2 aromatic heterocycles. The molecule has 0 fully saturated rings. The van der Waals surface area contributed by atoms with Crippen LogP contribution in [0.4, 0.5) is 10.5 Å². The van der Waals surface area contributed by atoms with Crippen LogP contribution in [0.5, 0.6) is 0 Å². The molecule has 0 radical (unpaired) electrons. The van der Waals surface area contributed by atoms with Crippen LogP contribution in [0, 0.1) is 6.92 Å². The fourth-order valence-electron chi connectivity index (χ4n) is 3.80. The van der Waals surface area contributed by atoms with Crippen molar-refractivity contribution < 1.29 is 9.32 Å². The third kappa shape index (κ3) is 4.04. The van der Waals surface area contributed by atoms with Crippen molar-refractivity contribution in [2.75, 3.05) is 4.90 Å². The van der Waals surface area contributed by atoms with Gasteiger partial charge in [-0.3, -0.25) is 4.90 Å². The number of carbonyl (C=O) groups excluding carboxylic acids is 1. The van der Waals surface area contributed by atoms with Crippen molar-refractivity contribution >= 4 is 51.8 Å². The Hall–Kier alpha value is -3.13. The molecular formula is C24H18Cl2N4O2S. The number of aromatic nitrogens is 2. The minimum absolute atomic E-state index is 0.283. The number of benzene rings is 2. The predicted octanol–water partition coefficient (Wildman–Crippen LogP) is 7.12. The summed E-state index contributed by atoms with van der Waals surface area (Å²) >= 11 is 14.0. The van der Waals surface area contributed by atoms with Crippen LogP contribution in [0.25, 0.3) is 16.3 Å². The number of amides is 2. The van der Waals surface area contributed by atoms with Gasteiger partial charge in [0.15, 0.2) is 0 Å². The molecule has 1 aliphatic rings. The second-order valence-corrected chi connectivity index (χ2v) is 9.39. The Bertz CT molecular complexity index is 1360. The lowest BCUT2D eigenvalue weighted by Crippen LogP contribution is -2.46. The van der Waals surface area contributed by atoms with Crippen molar-refractivity contribution in [1.29, 1.82) is 0 Å². The maximum Gasteiger partial charge on any atom is 0.326 e. The number of aryl methyl sites for hydroxylation is 1. The summed E-state index contributed by atoms with van der Waals surface area (Å²) in [6.45, 7) is 3.78. The van der Waals surface area contributed by atoms with E-state index in [1.54, 1.807) is 23.1 Å². The Morgan fingerprint density at radius 2 is 1.88 bits per heavy atom. The lowest BCUT2D eigenvalue weighted by Gasteiger charge is -2.35. The van der Waals surface area contributed by atoms with E-state index in [2.05, 4.69) is 15.5 Å². The Kier molecular flexibility index (Phi) is 5.70. The van der Waals surface area contributed by atoms with Gasteiger partial charge in [0.05, 0.1) is 22.2 Å². The van der Waals surface area contributed by atoms with Crippen LogP contribution in [0.1, 0.15) is 30.0 Å². The molecule has 0 bridgehead atoms. The van der Waals surface area contributed by atoms with E-state index in [0.29, 0.717) is 38.7 Å². The normalized spacial score (nSPS) is 16.3. The molecule has 1 atom stereocenters. The molecule has 5 rings (SSSR count). The number of allylic oxidation sites excluding steroid dienone is 1. The lowest BCUT2D eigenvalue weighted by molar-refractivity contribution is 0.244. The van der Waals surface area contributed by atoms with E-state index >= 15 is 0 Å². The van der Waals surface area contributed by atoms with Crippen LogP contribution in [0.15, 0.2) is 70.2 Å². The highest BCUT2D eigenvalue weighted by molar-refractivity contribution is 7.13. The number of nitrogens with zero attached hydrogens (tertiary/aromatic N) is 3. The van der Waals surface area contributed by atoms with E-state index in [1.165, 1.54) is 11.3 Å². The SMILES string of the molecule is CC1=C(c2nc(-c3cccs3)no2)C(c2ccc(Cl)cc2)NC(=O)N1c1ccc(C)c(Cl)c1. The van der Waals surface area contributed by atoms with Gasteiger partial charge in [0.2, 0.25) is 5.82 Å². The standard InChI is InChI=1S/C24H18Cl2N4O2S/c1-13-5-10-17(12-18(13)26)30-14(2)20(23-28-22(29-32-23)19-4-3-11-33-19)21(27-24(30)31)15-6-8-16(25)9-7-15/h3-12,21H,1-2H3,(H,27,31). The maximum absolute atomic E-state index is 13.3. The van der Waals surface area contributed by atoms with Gasteiger partial charge in [0.25, 0.3) is 5.89 Å². The molecule has 3 heterocycles. The monoisotopic (exact) mass is 496 g/mol. The molecule has 0 saturated heterocycles. The Morgan fingerprint density at radius 3 is 2.58 bits per heavy atom. The summed E-state index contributed by atoms with van der Waals surface area (Å²) in [5.74, 6) is 0.830. The molecular weight excluding hydrogens is 479 g/mol. The summed E-state index contributed by atoms with van der Waals surface area (Å²) in [4.78, 5) is 20.4. The van der Waals surface area contributed by atoms with Crippen LogP contribution in [0.2, 0.25) is 10.0 Å². The van der Waals surface area contributed by atoms with Crippen LogP contribution in [0.3, 0.4) is 0 Å². The third-order valence-electron chi connectivity index (χ3n) is 5.50. The number of halogens is 2. The van der Waals surface area contributed by atoms with Crippen LogP contribution >= 0.6 is 34.5 Å². The molecule has 9 heteroatoms. The first-order valence-electron chi connectivity index (χ1n) is 10.1. The molecule has 1 N–H and O–H groups in total. The largest absolute Gasteiger partial charge is 0.334 e. The van der Waals surface area contributed by atoms with Gasteiger partial charge in [0, 0.05) is 15.7 Å². The van der Waals surface area contributed by atoms with E-state index in [0.717, 1.165) is 16.0 Å². The van der Waals surface area contributed by atoms with E-state index in [4.69, 9.17) is 27.7 Å². The molecule has 0 aliphatic carbocycles. The lowest BCUT2D eigenvalue weighted by atomic mass is 9.94.